The molecule has 0 saturated carbocycles. The molecule has 0 bridgehead atoms. The summed E-state index contributed by atoms with van der Waals surface area (Å²) >= 11 is 0. The van der Waals surface area contributed by atoms with Crippen LogP contribution in [0, 0.1) is 5.82 Å². The van der Waals surface area contributed by atoms with E-state index in [1.165, 1.54) is 0 Å². The number of nitrogens with two attached hydrogens (primary N) is 1. The van der Waals surface area contributed by atoms with Crippen LogP contribution in [0.5, 0.6) is 5.75 Å². The Morgan fingerprint density at radius 3 is 2.53 bits per heavy atom. The molecule has 4 N–H and O–H groups in total. The molecule has 0 spiro atoms. The molecule has 0 fully saturated rings. The fourth-order valence-electron chi connectivity index (χ4n) is 1.23. The van der Waals surface area contributed by atoms with Gasteiger partial charge in [0.15, 0.2) is 11.6 Å². The summed E-state index contributed by atoms with van der Waals surface area (Å²) in [6.07, 6.45) is 0. The Morgan fingerprint density at radius 2 is 2.06 bits per heavy atom. The van der Waals surface area contributed by atoms with Crippen molar-refractivity contribution in [2.75, 3.05) is 7.11 Å². The van der Waals surface area contributed by atoms with Gasteiger partial charge in [0.2, 0.25) is 0 Å². The number of phenolic OH excluding ortho intramolecular Hbond substituents is 1. The molecule has 7 heteroatoms. The number of benzene rings is 1. The summed E-state index contributed by atoms with van der Waals surface area (Å²) in [4.78, 5) is 21.8. The maximum atomic E-state index is 13.2. The first-order chi connectivity index (χ1) is 7.88. The van der Waals surface area contributed by atoms with Crippen molar-refractivity contribution in [3.63, 3.8) is 0 Å². The molecule has 1 rings (SSSR count). The van der Waals surface area contributed by atoms with Crippen molar-refractivity contribution >= 4 is 11.9 Å². The zero-order chi connectivity index (χ0) is 13.2. The number of aromatic hydroxyl groups is 1. The van der Waals surface area contributed by atoms with Gasteiger partial charge in [-0.2, -0.15) is 0 Å². The fraction of sp³-hybridized carbons (Fsp3) is 0.200. The Labute approximate surface area is 95.4 Å². The van der Waals surface area contributed by atoms with Crippen molar-refractivity contribution in [1.82, 2.24) is 0 Å². The molecule has 0 unspecified atom stereocenters. The number of methoxy groups -OCH3 is 1. The maximum Gasteiger partial charge on any atom is 0.335 e. The van der Waals surface area contributed by atoms with Crippen LogP contribution in [0.4, 0.5) is 4.39 Å². The van der Waals surface area contributed by atoms with E-state index >= 15 is 0 Å². The first-order valence-electron chi connectivity index (χ1n) is 4.47. The van der Waals surface area contributed by atoms with Crippen molar-refractivity contribution in [2.45, 2.75) is 6.04 Å². The number of halogens is 1. The van der Waals surface area contributed by atoms with E-state index in [0.717, 1.165) is 13.2 Å². The highest BCUT2D eigenvalue weighted by Gasteiger charge is 2.24. The van der Waals surface area contributed by atoms with Crippen LogP contribution in [0.25, 0.3) is 0 Å². The molecule has 0 aliphatic carbocycles. The summed E-state index contributed by atoms with van der Waals surface area (Å²) in [5.41, 5.74) is 4.63. The molecule has 6 nitrogen and oxygen atoms in total. The Balaban J connectivity index is 3.31. The van der Waals surface area contributed by atoms with Crippen molar-refractivity contribution in [2.24, 2.45) is 5.73 Å². The molecule has 0 saturated heterocycles. The van der Waals surface area contributed by atoms with Crippen molar-refractivity contribution in [3.05, 3.63) is 29.1 Å². The topological polar surface area (TPSA) is 110 Å². The summed E-state index contributed by atoms with van der Waals surface area (Å²) in [5.74, 6) is -4.35. The quantitative estimate of drug-likeness (QED) is 0.663. The number of hydrogen-bond donors (Lipinski definition) is 3. The molecule has 0 radical (unpaired) electrons. The minimum atomic E-state index is -1.45. The lowest BCUT2D eigenvalue weighted by atomic mass is 10.0. The Hall–Kier alpha value is -2.15. The molecule has 0 aliphatic rings. The number of ether oxygens (including phenoxy) is 1. The van der Waals surface area contributed by atoms with Gasteiger partial charge in [0.25, 0.3) is 0 Å². The van der Waals surface area contributed by atoms with Gasteiger partial charge in [-0.25, -0.2) is 9.18 Å². The van der Waals surface area contributed by atoms with Gasteiger partial charge in [0.05, 0.1) is 12.7 Å². The van der Waals surface area contributed by atoms with Crippen LogP contribution < -0.4 is 5.73 Å². The van der Waals surface area contributed by atoms with E-state index in [1.807, 2.05) is 0 Å². The van der Waals surface area contributed by atoms with E-state index in [9.17, 15) is 19.1 Å². The summed E-state index contributed by atoms with van der Waals surface area (Å²) in [5, 5.41) is 18.1. The first kappa shape index (κ1) is 12.9. The van der Waals surface area contributed by atoms with Gasteiger partial charge in [-0.1, -0.05) is 0 Å². The smallest absolute Gasteiger partial charge is 0.335 e. The summed E-state index contributed by atoms with van der Waals surface area (Å²) < 4.78 is 17.5. The Kier molecular flexibility index (Phi) is 3.64. The minimum Gasteiger partial charge on any atom is -0.505 e. The van der Waals surface area contributed by atoms with E-state index in [1.54, 1.807) is 0 Å². The molecule has 17 heavy (non-hydrogen) atoms. The van der Waals surface area contributed by atoms with Crippen LogP contribution in [0.3, 0.4) is 0 Å². The molecular formula is C10H10FNO5. The number of carboxylic acid groups (broad SMARTS) is 1. The number of rotatable bonds is 3. The van der Waals surface area contributed by atoms with E-state index in [-0.39, 0.29) is 5.56 Å². The van der Waals surface area contributed by atoms with E-state index in [4.69, 9.17) is 10.8 Å². The van der Waals surface area contributed by atoms with Crippen LogP contribution in [0.1, 0.15) is 22.0 Å². The van der Waals surface area contributed by atoms with E-state index in [2.05, 4.69) is 4.74 Å². The SMILES string of the molecule is COC(=O)[C@@H](N)c1cc(C(=O)O)cc(F)c1O. The number of carbonyl (C=O) groups is 2. The Morgan fingerprint density at radius 1 is 1.47 bits per heavy atom. The number of phenols is 1. The average Bonchev–Trinajstić information content (AvgIpc) is 2.30. The lowest BCUT2D eigenvalue weighted by Gasteiger charge is -2.12. The van der Waals surface area contributed by atoms with Crippen LogP contribution in [-0.2, 0) is 9.53 Å². The zero-order valence-electron chi connectivity index (χ0n) is 8.81. The number of carboxylic acids is 1. The third kappa shape index (κ3) is 2.51. The second-order valence-corrected chi connectivity index (χ2v) is 3.20. The second kappa shape index (κ2) is 4.79. The largest absolute Gasteiger partial charge is 0.505 e. The first-order valence-corrected chi connectivity index (χ1v) is 4.47. The zero-order valence-corrected chi connectivity index (χ0v) is 8.81. The van der Waals surface area contributed by atoms with Gasteiger partial charge in [0.1, 0.15) is 6.04 Å². The van der Waals surface area contributed by atoms with Crippen LogP contribution in [-0.4, -0.2) is 29.3 Å². The summed E-state index contributed by atoms with van der Waals surface area (Å²) in [6.45, 7) is 0. The van der Waals surface area contributed by atoms with Gasteiger partial charge >= 0.3 is 11.9 Å². The molecular weight excluding hydrogens is 233 g/mol. The minimum absolute atomic E-state index is 0.339. The van der Waals surface area contributed by atoms with Gasteiger partial charge in [0, 0.05) is 5.56 Å². The number of hydrogen-bond acceptors (Lipinski definition) is 5. The fourth-order valence-corrected chi connectivity index (χ4v) is 1.23. The van der Waals surface area contributed by atoms with E-state index < -0.39 is 35.1 Å². The number of esters is 1. The molecule has 1 aromatic carbocycles. The highest BCUT2D eigenvalue weighted by Crippen LogP contribution is 2.28. The predicted octanol–water partition coefficient (Wildman–Crippen LogP) is 0.402. The van der Waals surface area contributed by atoms with Gasteiger partial charge in [-0.15, -0.1) is 0 Å². The van der Waals surface area contributed by atoms with Crippen LogP contribution >= 0.6 is 0 Å². The van der Waals surface area contributed by atoms with Crippen molar-refractivity contribution < 1.29 is 28.9 Å². The molecule has 92 valence electrons. The second-order valence-electron chi connectivity index (χ2n) is 3.20. The third-order valence-corrected chi connectivity index (χ3v) is 2.13. The maximum absolute atomic E-state index is 13.2. The molecule has 1 aromatic rings. The van der Waals surface area contributed by atoms with Crippen molar-refractivity contribution in [3.8, 4) is 5.75 Å². The van der Waals surface area contributed by atoms with Gasteiger partial charge in [-0.05, 0) is 12.1 Å². The highest BCUT2D eigenvalue weighted by atomic mass is 19.1. The van der Waals surface area contributed by atoms with Crippen molar-refractivity contribution in [1.29, 1.82) is 0 Å². The molecule has 0 aliphatic heterocycles. The van der Waals surface area contributed by atoms with Crippen LogP contribution in [0.15, 0.2) is 12.1 Å². The van der Waals surface area contributed by atoms with Crippen LogP contribution in [0.2, 0.25) is 0 Å². The molecule has 0 amide bonds. The summed E-state index contributed by atoms with van der Waals surface area (Å²) in [7, 11) is 1.07. The lowest BCUT2D eigenvalue weighted by Crippen LogP contribution is -2.23. The molecule has 0 heterocycles. The molecule has 0 aromatic heterocycles. The van der Waals surface area contributed by atoms with Gasteiger partial charge < -0.3 is 20.7 Å². The van der Waals surface area contributed by atoms with Gasteiger partial charge in [-0.3, -0.25) is 4.79 Å². The molecule has 1 atom stereocenters. The highest BCUT2D eigenvalue weighted by molar-refractivity contribution is 5.89. The normalized spacial score (nSPS) is 11.9. The third-order valence-electron chi connectivity index (χ3n) is 2.13. The number of aromatic carboxylic acids is 1. The Bertz CT molecular complexity index is 474. The monoisotopic (exact) mass is 243 g/mol. The predicted molar refractivity (Wildman–Crippen MR) is 54.0 cm³/mol. The summed E-state index contributed by atoms with van der Waals surface area (Å²) in [6, 6.07) is 0.0989. The van der Waals surface area contributed by atoms with E-state index in [0.29, 0.717) is 6.07 Å². The average molecular weight is 243 g/mol. The number of carbonyl (C=O) groups excluding carboxylic acids is 1. The standard InChI is InChI=1S/C10H10FNO5/c1-17-10(16)7(12)5-2-4(9(14)15)3-6(11)8(5)13/h2-3,7,13H,12H2,1H3,(H,14,15)/t7-/m0/s1. The lowest BCUT2D eigenvalue weighted by molar-refractivity contribution is -0.142.